The first-order chi connectivity index (χ1) is 10.1. The zero-order chi connectivity index (χ0) is 15.3. The summed E-state index contributed by atoms with van der Waals surface area (Å²) in [4.78, 5) is 5.03. The summed E-state index contributed by atoms with van der Waals surface area (Å²) in [5.74, 6) is 0. The molecular weight excluding hydrogens is 326 g/mol. The molecule has 1 atom stereocenters. The molecule has 1 aromatic carbocycles. The average Bonchev–Trinajstić information content (AvgIpc) is 2.72. The molecule has 3 nitrogen and oxygen atoms in total. The molecule has 1 fully saturated rings. The van der Waals surface area contributed by atoms with E-state index in [2.05, 4.69) is 64.0 Å². The summed E-state index contributed by atoms with van der Waals surface area (Å²) in [6.07, 6.45) is 3.62. The summed E-state index contributed by atoms with van der Waals surface area (Å²) < 4.78 is 1.13. The summed E-state index contributed by atoms with van der Waals surface area (Å²) in [5.41, 5.74) is 7.71. The summed E-state index contributed by atoms with van der Waals surface area (Å²) in [6.45, 7) is 7.50. The number of likely N-dealkylation sites (tertiary alicyclic amines) is 1. The number of rotatable bonds is 5. The minimum absolute atomic E-state index is 0.150. The lowest BCUT2D eigenvalue weighted by Gasteiger charge is -2.41. The molecule has 0 bridgehead atoms. The van der Waals surface area contributed by atoms with Crippen molar-refractivity contribution in [3.05, 3.63) is 34.3 Å². The SMILES string of the molecule is CCN1CCCC(CN)(N(C)Cc2ccc(Br)cc2)CC1. The third-order valence-electron chi connectivity index (χ3n) is 4.98. The van der Waals surface area contributed by atoms with Crippen LogP contribution < -0.4 is 5.73 Å². The Hall–Kier alpha value is -0.420. The highest BCUT2D eigenvalue weighted by Crippen LogP contribution is 2.28. The van der Waals surface area contributed by atoms with Crippen molar-refractivity contribution in [1.29, 1.82) is 0 Å². The summed E-state index contributed by atoms with van der Waals surface area (Å²) in [6, 6.07) is 8.62. The normalized spacial score (nSPS) is 24.2. The van der Waals surface area contributed by atoms with E-state index in [1.54, 1.807) is 0 Å². The van der Waals surface area contributed by atoms with Gasteiger partial charge in [-0.05, 0) is 63.6 Å². The van der Waals surface area contributed by atoms with Gasteiger partial charge in [-0.15, -0.1) is 0 Å². The second-order valence-corrected chi connectivity index (χ2v) is 7.11. The van der Waals surface area contributed by atoms with Crippen molar-refractivity contribution in [2.45, 2.75) is 38.3 Å². The maximum absolute atomic E-state index is 6.21. The monoisotopic (exact) mass is 353 g/mol. The first kappa shape index (κ1) is 16.9. The smallest absolute Gasteiger partial charge is 0.0344 e. The van der Waals surface area contributed by atoms with Gasteiger partial charge in [0.25, 0.3) is 0 Å². The molecule has 2 N–H and O–H groups in total. The lowest BCUT2D eigenvalue weighted by atomic mass is 9.88. The molecule has 0 aromatic heterocycles. The predicted octanol–water partition coefficient (Wildman–Crippen LogP) is 3.08. The van der Waals surface area contributed by atoms with Gasteiger partial charge in [0.05, 0.1) is 0 Å². The van der Waals surface area contributed by atoms with Gasteiger partial charge in [-0.2, -0.15) is 0 Å². The fourth-order valence-corrected chi connectivity index (χ4v) is 3.59. The van der Waals surface area contributed by atoms with Crippen LogP contribution in [0.3, 0.4) is 0 Å². The van der Waals surface area contributed by atoms with E-state index in [1.807, 2.05) is 0 Å². The lowest BCUT2D eigenvalue weighted by molar-refractivity contribution is 0.0994. The van der Waals surface area contributed by atoms with Gasteiger partial charge in [0.2, 0.25) is 0 Å². The van der Waals surface area contributed by atoms with Crippen molar-refractivity contribution in [2.75, 3.05) is 33.2 Å². The van der Waals surface area contributed by atoms with Crippen LogP contribution in [0.5, 0.6) is 0 Å². The largest absolute Gasteiger partial charge is 0.329 e. The fourth-order valence-electron chi connectivity index (χ4n) is 3.32. The molecule has 1 heterocycles. The Morgan fingerprint density at radius 1 is 1.24 bits per heavy atom. The Kier molecular flexibility index (Phi) is 6.23. The molecular formula is C17H28BrN3. The van der Waals surface area contributed by atoms with Gasteiger partial charge in [-0.3, -0.25) is 4.90 Å². The number of nitrogens with zero attached hydrogens (tertiary/aromatic N) is 2. The molecule has 1 unspecified atom stereocenters. The van der Waals surface area contributed by atoms with Crippen molar-refractivity contribution >= 4 is 15.9 Å². The van der Waals surface area contributed by atoms with Gasteiger partial charge in [-0.25, -0.2) is 0 Å². The minimum atomic E-state index is 0.150. The van der Waals surface area contributed by atoms with Crippen LogP contribution in [0.1, 0.15) is 31.7 Å². The van der Waals surface area contributed by atoms with Crippen LogP contribution in [-0.2, 0) is 6.54 Å². The van der Waals surface area contributed by atoms with Crippen LogP contribution in [-0.4, -0.2) is 48.6 Å². The van der Waals surface area contributed by atoms with Gasteiger partial charge >= 0.3 is 0 Å². The zero-order valence-corrected chi connectivity index (χ0v) is 14.9. The Morgan fingerprint density at radius 3 is 2.57 bits per heavy atom. The van der Waals surface area contributed by atoms with Crippen molar-refractivity contribution < 1.29 is 0 Å². The fraction of sp³-hybridized carbons (Fsp3) is 0.647. The maximum Gasteiger partial charge on any atom is 0.0344 e. The van der Waals surface area contributed by atoms with Crippen LogP contribution >= 0.6 is 15.9 Å². The topological polar surface area (TPSA) is 32.5 Å². The predicted molar refractivity (Wildman–Crippen MR) is 93.4 cm³/mol. The number of halogens is 1. The minimum Gasteiger partial charge on any atom is -0.329 e. The summed E-state index contributed by atoms with van der Waals surface area (Å²) >= 11 is 3.50. The third-order valence-corrected chi connectivity index (χ3v) is 5.51. The van der Waals surface area contributed by atoms with Gasteiger partial charge in [0, 0.05) is 23.1 Å². The summed E-state index contributed by atoms with van der Waals surface area (Å²) in [5, 5.41) is 0. The molecule has 0 radical (unpaired) electrons. The third kappa shape index (κ3) is 4.28. The maximum atomic E-state index is 6.21. The van der Waals surface area contributed by atoms with Crippen LogP contribution in [0, 0.1) is 0 Å². The van der Waals surface area contributed by atoms with Crippen LogP contribution in [0.4, 0.5) is 0 Å². The van der Waals surface area contributed by atoms with E-state index in [1.165, 1.54) is 37.9 Å². The molecule has 4 heteroatoms. The number of nitrogens with two attached hydrogens (primary N) is 1. The molecule has 21 heavy (non-hydrogen) atoms. The van der Waals surface area contributed by atoms with E-state index < -0.39 is 0 Å². The molecule has 118 valence electrons. The van der Waals surface area contributed by atoms with Crippen molar-refractivity contribution in [3.63, 3.8) is 0 Å². The van der Waals surface area contributed by atoms with Gasteiger partial charge in [-0.1, -0.05) is 35.0 Å². The Bertz CT molecular complexity index is 434. The molecule has 0 saturated carbocycles. The average molecular weight is 354 g/mol. The van der Waals surface area contributed by atoms with E-state index in [-0.39, 0.29) is 5.54 Å². The highest BCUT2D eigenvalue weighted by molar-refractivity contribution is 9.10. The second-order valence-electron chi connectivity index (χ2n) is 6.20. The Morgan fingerprint density at radius 2 is 1.95 bits per heavy atom. The highest BCUT2D eigenvalue weighted by Gasteiger charge is 2.34. The van der Waals surface area contributed by atoms with Crippen molar-refractivity contribution in [3.8, 4) is 0 Å². The first-order valence-corrected chi connectivity index (χ1v) is 8.77. The number of likely N-dealkylation sites (N-methyl/N-ethyl adjacent to an activating group) is 1. The number of hydrogen-bond acceptors (Lipinski definition) is 3. The highest BCUT2D eigenvalue weighted by atomic mass is 79.9. The lowest BCUT2D eigenvalue weighted by Crippen LogP contribution is -2.52. The molecule has 0 spiro atoms. The first-order valence-electron chi connectivity index (χ1n) is 7.98. The van der Waals surface area contributed by atoms with Crippen LogP contribution in [0.15, 0.2) is 28.7 Å². The molecule has 2 rings (SSSR count). The standard InChI is InChI=1S/C17H28BrN3/c1-3-21-11-4-9-17(14-19,10-12-21)20(2)13-15-5-7-16(18)8-6-15/h5-8H,3-4,9-14,19H2,1-2H3. The van der Waals surface area contributed by atoms with Crippen molar-refractivity contribution in [2.24, 2.45) is 5.73 Å². The quantitative estimate of drug-likeness (QED) is 0.882. The van der Waals surface area contributed by atoms with Crippen molar-refractivity contribution in [1.82, 2.24) is 9.80 Å². The molecule has 0 aliphatic carbocycles. The summed E-state index contributed by atoms with van der Waals surface area (Å²) in [7, 11) is 2.23. The molecule has 1 saturated heterocycles. The molecule has 1 aliphatic heterocycles. The van der Waals surface area contributed by atoms with E-state index in [9.17, 15) is 0 Å². The Balaban J connectivity index is 2.06. The van der Waals surface area contributed by atoms with E-state index in [0.29, 0.717) is 0 Å². The van der Waals surface area contributed by atoms with E-state index >= 15 is 0 Å². The molecule has 1 aromatic rings. The number of benzene rings is 1. The van der Waals surface area contributed by atoms with Gasteiger partial charge in [0.15, 0.2) is 0 Å². The van der Waals surface area contributed by atoms with Crippen LogP contribution in [0.2, 0.25) is 0 Å². The van der Waals surface area contributed by atoms with Crippen LogP contribution in [0.25, 0.3) is 0 Å². The Labute approximate surface area is 137 Å². The zero-order valence-electron chi connectivity index (χ0n) is 13.3. The van der Waals surface area contributed by atoms with Gasteiger partial charge in [0.1, 0.15) is 0 Å². The van der Waals surface area contributed by atoms with Gasteiger partial charge < -0.3 is 10.6 Å². The molecule has 0 amide bonds. The second kappa shape index (κ2) is 7.73. The van der Waals surface area contributed by atoms with E-state index in [0.717, 1.165) is 24.1 Å². The van der Waals surface area contributed by atoms with E-state index in [4.69, 9.17) is 5.73 Å². The molecule has 1 aliphatic rings. The number of hydrogen-bond donors (Lipinski definition) is 1.